The molecule has 8 aromatic rings. The van der Waals surface area contributed by atoms with Crippen molar-refractivity contribution in [3.63, 3.8) is 0 Å². The first-order valence-electron chi connectivity index (χ1n) is 28.8. The van der Waals surface area contributed by atoms with E-state index in [1.165, 1.54) is 54.0 Å². The number of hydrogen-bond donors (Lipinski definition) is 0. The van der Waals surface area contributed by atoms with Crippen molar-refractivity contribution in [3.05, 3.63) is 214 Å². The fourth-order valence-corrected chi connectivity index (χ4v) is 13.9. The van der Waals surface area contributed by atoms with E-state index in [2.05, 4.69) is 132 Å². The predicted molar refractivity (Wildman–Crippen MR) is 353 cm³/mol. The van der Waals surface area contributed by atoms with Gasteiger partial charge < -0.3 is 18.9 Å². The van der Waals surface area contributed by atoms with Crippen LogP contribution in [0.4, 0.5) is 0 Å². The van der Waals surface area contributed by atoms with Crippen molar-refractivity contribution in [2.24, 2.45) is 0 Å². The third-order valence-electron chi connectivity index (χ3n) is 14.2. The highest BCUT2D eigenvalue weighted by Gasteiger charge is 2.32. The van der Waals surface area contributed by atoms with Gasteiger partial charge in [0.15, 0.2) is 49.6 Å². The molecule has 9 rings (SSSR count). The summed E-state index contributed by atoms with van der Waals surface area (Å²) in [4.78, 5) is 62.5. The molecule has 0 spiro atoms. The largest absolute Gasteiger partial charge is 0.483 e. The second kappa shape index (κ2) is 28.1. The number of Topliss-reactive ketones (excluding diaryl/α,β-unsaturated/α-hetero) is 4. The SMILES string of the molecule is CC#N.CC(C)(C)c1cc2c(OCC(=O)c3ccccc3)c(c1)Sc1cc(C(C)(C)C)cc(c1OCC(=O)c1ccccc1)Sc1cc(C(C)(C)C)cc(c1OCC(=O)c1ccccc1)Sc1cc(C(C)(C)C)cc(c1OCC(=O)c1ccccc1)S2. The number of carbonyl (C=O) groups excluding carboxylic acids is 4. The summed E-state index contributed by atoms with van der Waals surface area (Å²) in [6, 6.07) is 55.3. The van der Waals surface area contributed by atoms with Crippen LogP contribution in [-0.2, 0) is 21.7 Å². The zero-order valence-corrected chi connectivity index (χ0v) is 55.1. The molecule has 1 aliphatic heterocycles. The summed E-state index contributed by atoms with van der Waals surface area (Å²) < 4.78 is 27.9. The number of benzene rings is 8. The Labute approximate surface area is 530 Å². The van der Waals surface area contributed by atoms with Crippen LogP contribution in [0.3, 0.4) is 0 Å². The summed E-state index contributed by atoms with van der Waals surface area (Å²) in [5.41, 5.74) is 4.51. The quantitative estimate of drug-likeness (QED) is 0.0852. The van der Waals surface area contributed by atoms with E-state index >= 15 is 0 Å². The molecule has 1 aliphatic rings. The number of nitrogens with zero attached hydrogens (tertiary/aromatic N) is 1. The summed E-state index contributed by atoms with van der Waals surface area (Å²) in [5, 5.41) is 7.32. The molecule has 0 aromatic heterocycles. The minimum atomic E-state index is -0.388. The Morgan fingerprint density at radius 2 is 0.471 bits per heavy atom. The average molecular weight is 1230 g/mol. The van der Waals surface area contributed by atoms with Gasteiger partial charge in [0.05, 0.1) is 45.2 Å². The van der Waals surface area contributed by atoms with E-state index in [1.54, 1.807) is 54.6 Å². The molecular weight excluding hydrogens is 1160 g/mol. The van der Waals surface area contributed by atoms with Gasteiger partial charge in [-0.25, -0.2) is 0 Å². The van der Waals surface area contributed by atoms with Gasteiger partial charge in [0.25, 0.3) is 0 Å². The van der Waals surface area contributed by atoms with Crippen LogP contribution in [0.1, 0.15) is 154 Å². The number of rotatable bonds is 16. The second-order valence-electron chi connectivity index (χ2n) is 25.1. The third kappa shape index (κ3) is 17.0. The van der Waals surface area contributed by atoms with Gasteiger partial charge >= 0.3 is 0 Å². The van der Waals surface area contributed by atoms with Gasteiger partial charge in [-0.15, -0.1) is 0 Å². The van der Waals surface area contributed by atoms with Crippen molar-refractivity contribution in [2.45, 2.75) is 151 Å². The molecule has 0 atom stereocenters. The molecule has 87 heavy (non-hydrogen) atoms. The molecule has 8 bridgehead atoms. The molecule has 8 aromatic carbocycles. The molecule has 9 nitrogen and oxygen atoms in total. The number of nitriles is 1. The van der Waals surface area contributed by atoms with Crippen molar-refractivity contribution >= 4 is 70.2 Å². The molecule has 0 saturated heterocycles. The first-order valence-corrected chi connectivity index (χ1v) is 32.1. The molecule has 1 heterocycles. The molecule has 0 saturated carbocycles. The normalized spacial score (nSPS) is 12.4. The Morgan fingerprint density at radius 3 is 0.609 bits per heavy atom. The van der Waals surface area contributed by atoms with Crippen molar-refractivity contribution in [1.82, 2.24) is 0 Å². The van der Waals surface area contributed by atoms with Crippen LogP contribution in [0.5, 0.6) is 23.0 Å². The molecular formula is C74H75NO8S4. The van der Waals surface area contributed by atoms with Crippen molar-refractivity contribution in [1.29, 1.82) is 5.26 Å². The highest BCUT2D eigenvalue weighted by atomic mass is 32.2. The topological polar surface area (TPSA) is 129 Å². The maximum absolute atomic E-state index is 14.2. The minimum Gasteiger partial charge on any atom is -0.483 e. The molecule has 0 unspecified atom stereocenters. The molecule has 0 N–H and O–H groups in total. The third-order valence-corrected chi connectivity index (χ3v) is 18.4. The smallest absolute Gasteiger partial charge is 0.200 e. The lowest BCUT2D eigenvalue weighted by atomic mass is 9.87. The number of hydrogen-bond acceptors (Lipinski definition) is 13. The summed E-state index contributed by atoms with van der Waals surface area (Å²) in [5.74, 6) is 1.09. The molecule has 0 radical (unpaired) electrons. The van der Waals surface area contributed by atoms with E-state index in [1.807, 2.05) is 72.8 Å². The van der Waals surface area contributed by atoms with E-state index in [0.29, 0.717) is 84.4 Å². The van der Waals surface area contributed by atoms with E-state index in [4.69, 9.17) is 24.2 Å². The Bertz CT molecular complexity index is 3250. The monoisotopic (exact) mass is 1230 g/mol. The van der Waals surface area contributed by atoms with Gasteiger partial charge in [-0.05, 0) is 92.4 Å². The van der Waals surface area contributed by atoms with E-state index in [0.717, 1.165) is 22.3 Å². The Hall–Kier alpha value is -7.47. The van der Waals surface area contributed by atoms with Gasteiger partial charge in [-0.1, -0.05) is 251 Å². The van der Waals surface area contributed by atoms with Crippen LogP contribution in [-0.4, -0.2) is 49.6 Å². The number of fused-ring (bicyclic) bond motifs is 8. The lowest BCUT2D eigenvalue weighted by Crippen LogP contribution is -2.16. The van der Waals surface area contributed by atoms with Gasteiger partial charge in [0.2, 0.25) is 0 Å². The number of ketones is 4. The Kier molecular flexibility index (Phi) is 21.2. The maximum atomic E-state index is 14.2. The first kappa shape index (κ1) is 65.5. The van der Waals surface area contributed by atoms with Crippen LogP contribution in [0.25, 0.3) is 0 Å². The van der Waals surface area contributed by atoms with Crippen molar-refractivity contribution in [2.75, 3.05) is 26.4 Å². The van der Waals surface area contributed by atoms with Crippen LogP contribution >= 0.6 is 47.0 Å². The lowest BCUT2D eigenvalue weighted by molar-refractivity contribution is 0.0911. The van der Waals surface area contributed by atoms with Gasteiger partial charge in [0.1, 0.15) is 23.0 Å². The molecule has 0 aliphatic carbocycles. The molecule has 0 fully saturated rings. The summed E-state index contributed by atoms with van der Waals surface area (Å²) in [7, 11) is 0. The molecule has 13 heteroatoms. The van der Waals surface area contributed by atoms with Crippen molar-refractivity contribution < 1.29 is 38.1 Å². The zero-order valence-electron chi connectivity index (χ0n) is 51.8. The Balaban J connectivity index is 0.00000321. The fraction of sp³-hybridized carbons (Fsp3) is 0.284. The fourth-order valence-electron chi connectivity index (χ4n) is 9.07. The first-order chi connectivity index (χ1) is 41.2. The van der Waals surface area contributed by atoms with Gasteiger partial charge in [0, 0.05) is 29.2 Å². The standard InChI is InChI=1S/C72H72O8S4.C2H3N/c1-69(2,3)49-33-57-65(77-41-53(73)45-25-17-13-18-26-45)58(34-49)82-60-36-51(71(7,8)9)38-62(67(60)79-43-55(75)47-29-21-15-22-30-47)84-64-40-52(72(10,11)12)39-63(68(64)80-44-56(76)48-31-23-16-24-32-48)83-61-37-50(70(4,5)6)35-59(81-57)66(61)78-42-54(74)46-27-19-14-20-28-46;1-2-3/h13-40H,41-44H2,1-12H3;1H3. The van der Waals surface area contributed by atoms with Gasteiger partial charge in [-0.3, -0.25) is 19.2 Å². The van der Waals surface area contributed by atoms with Crippen LogP contribution in [0, 0.1) is 11.3 Å². The number of ether oxygens (including phenoxy) is 4. The van der Waals surface area contributed by atoms with E-state index < -0.39 is 0 Å². The maximum Gasteiger partial charge on any atom is 0.200 e. The van der Waals surface area contributed by atoms with E-state index in [-0.39, 0.29) is 71.2 Å². The Morgan fingerprint density at radius 1 is 0.322 bits per heavy atom. The summed E-state index contributed by atoms with van der Waals surface area (Å²) >= 11 is 5.81. The predicted octanol–water partition coefficient (Wildman–Crippen LogP) is 19.4. The van der Waals surface area contributed by atoms with Crippen molar-refractivity contribution in [3.8, 4) is 29.1 Å². The highest BCUT2D eigenvalue weighted by Crippen LogP contribution is 2.56. The van der Waals surface area contributed by atoms with Crippen LogP contribution in [0.15, 0.2) is 209 Å². The molecule has 0 amide bonds. The average Bonchev–Trinajstić information content (AvgIpc) is 1.21. The number of carbonyl (C=O) groups is 4. The highest BCUT2D eigenvalue weighted by molar-refractivity contribution is 8.01. The lowest BCUT2D eigenvalue weighted by Gasteiger charge is -2.28. The summed E-state index contributed by atoms with van der Waals surface area (Å²) in [6.07, 6.45) is 0. The summed E-state index contributed by atoms with van der Waals surface area (Å²) in [6.45, 7) is 26.4. The molecule has 448 valence electrons. The van der Waals surface area contributed by atoms with Gasteiger partial charge in [-0.2, -0.15) is 5.26 Å². The van der Waals surface area contributed by atoms with Crippen LogP contribution in [0.2, 0.25) is 0 Å². The van der Waals surface area contributed by atoms with Crippen LogP contribution < -0.4 is 18.9 Å². The zero-order chi connectivity index (χ0) is 62.8. The van der Waals surface area contributed by atoms with E-state index in [9.17, 15) is 19.2 Å². The second-order valence-corrected chi connectivity index (χ2v) is 29.5. The minimum absolute atomic E-state index is 0.197.